The number of H-pyrrole nitrogens is 1. The molecule has 0 amide bonds. The van der Waals surface area contributed by atoms with Gasteiger partial charge >= 0.3 is 5.97 Å². The number of nitriles is 1. The molecule has 2 aliphatic rings. The highest BCUT2D eigenvalue weighted by Gasteiger charge is 2.54. The quantitative estimate of drug-likeness (QED) is 0.414. The number of carbonyl (C=O) groups is 1. The number of fused-ring (bicyclic) bond motifs is 1. The molecule has 37 heavy (non-hydrogen) atoms. The maximum atomic E-state index is 11.7. The summed E-state index contributed by atoms with van der Waals surface area (Å²) < 4.78 is 16.4. The number of nitrogens with one attached hydrogen (secondary N) is 1. The molecule has 3 aromatic rings. The number of aromatic nitrogens is 2. The number of nitrogens with two attached hydrogens (primary N) is 1. The molecule has 1 fully saturated rings. The van der Waals surface area contributed by atoms with E-state index in [-0.39, 0.29) is 18.4 Å². The van der Waals surface area contributed by atoms with Crippen molar-refractivity contribution in [3.63, 3.8) is 0 Å². The van der Waals surface area contributed by atoms with Crippen LogP contribution in [-0.4, -0.2) is 29.4 Å². The molecule has 0 spiro atoms. The predicted molar refractivity (Wildman–Crippen MR) is 138 cm³/mol. The van der Waals surface area contributed by atoms with Gasteiger partial charge in [-0.05, 0) is 79.6 Å². The fourth-order valence-corrected chi connectivity index (χ4v) is 5.67. The number of hydrogen-bond acceptors (Lipinski definition) is 7. The predicted octanol–water partition coefficient (Wildman–Crippen LogP) is 5.15. The standard InChI is InChI=1S/C28H27ClN4O4/c1-3-35-24(34)15-36-22-9-4-6-17(12-22)18-10-20(13-21(29)11-18)28(19-7-5-8-19)23(14-30)26(31)37-27-25(28)16(2)32-33-27/h4,6,9-13,19H,3,5,7-8,15,31H2,1-2H3,(H,32,33). The summed E-state index contributed by atoms with van der Waals surface area (Å²) in [6.45, 7) is 3.79. The van der Waals surface area contributed by atoms with Gasteiger partial charge < -0.3 is 19.9 Å². The zero-order valence-electron chi connectivity index (χ0n) is 20.6. The Hall–Kier alpha value is -3.96. The Morgan fingerprint density at radius 3 is 2.81 bits per heavy atom. The van der Waals surface area contributed by atoms with Crippen molar-refractivity contribution in [1.29, 1.82) is 5.26 Å². The number of benzene rings is 2. The van der Waals surface area contributed by atoms with Crippen molar-refractivity contribution in [3.8, 4) is 28.8 Å². The number of carbonyl (C=O) groups excluding carboxylic acids is 1. The van der Waals surface area contributed by atoms with Crippen LogP contribution < -0.4 is 15.2 Å². The SMILES string of the molecule is CCOC(=O)COc1cccc(-c2cc(Cl)cc(C3(C4CCC4)C(C#N)=C(N)Oc4n[nH]c(C)c43)c2)c1. The Morgan fingerprint density at radius 2 is 2.11 bits per heavy atom. The van der Waals surface area contributed by atoms with Gasteiger partial charge in [0.1, 0.15) is 17.4 Å². The van der Waals surface area contributed by atoms with Crippen LogP contribution in [0.3, 0.4) is 0 Å². The second-order valence-corrected chi connectivity index (χ2v) is 9.70. The van der Waals surface area contributed by atoms with E-state index in [1.807, 2.05) is 43.3 Å². The van der Waals surface area contributed by atoms with Crippen molar-refractivity contribution in [3.05, 3.63) is 75.8 Å². The second-order valence-electron chi connectivity index (χ2n) is 9.27. The lowest BCUT2D eigenvalue weighted by atomic mass is 9.55. The Morgan fingerprint density at radius 1 is 1.30 bits per heavy atom. The Bertz CT molecular complexity index is 1440. The van der Waals surface area contributed by atoms with E-state index >= 15 is 0 Å². The average Bonchev–Trinajstić information content (AvgIpc) is 3.22. The molecule has 3 N–H and O–H groups in total. The molecular weight excluding hydrogens is 492 g/mol. The number of halogens is 1. The second kappa shape index (κ2) is 9.83. The molecule has 1 aliphatic heterocycles. The molecule has 190 valence electrons. The van der Waals surface area contributed by atoms with Gasteiger partial charge in [-0.2, -0.15) is 5.26 Å². The van der Waals surface area contributed by atoms with Gasteiger partial charge in [0.15, 0.2) is 6.61 Å². The normalized spacial score (nSPS) is 18.9. The first kappa shape index (κ1) is 24.7. The van der Waals surface area contributed by atoms with Crippen molar-refractivity contribution in [1.82, 2.24) is 10.2 Å². The van der Waals surface area contributed by atoms with Gasteiger partial charge in [-0.25, -0.2) is 4.79 Å². The molecule has 9 heteroatoms. The van der Waals surface area contributed by atoms with Gasteiger partial charge in [0.05, 0.1) is 17.6 Å². The lowest BCUT2D eigenvalue weighted by Crippen LogP contribution is -2.46. The third-order valence-corrected chi connectivity index (χ3v) is 7.39. The molecule has 1 aliphatic carbocycles. The smallest absolute Gasteiger partial charge is 0.344 e. The van der Waals surface area contributed by atoms with E-state index in [0.29, 0.717) is 28.8 Å². The maximum Gasteiger partial charge on any atom is 0.344 e. The summed E-state index contributed by atoms with van der Waals surface area (Å²) >= 11 is 6.72. The first-order chi connectivity index (χ1) is 17.9. The van der Waals surface area contributed by atoms with E-state index in [2.05, 4.69) is 16.3 Å². The largest absolute Gasteiger partial charge is 0.482 e. The number of allylic oxidation sites excluding steroid dienone is 1. The molecule has 0 radical (unpaired) electrons. The fourth-order valence-electron chi connectivity index (χ4n) is 5.43. The van der Waals surface area contributed by atoms with Crippen molar-refractivity contribution in [2.45, 2.75) is 38.5 Å². The molecular formula is C28H27ClN4O4. The number of nitrogens with zero attached hydrogens (tertiary/aromatic N) is 2. The number of esters is 1. The minimum atomic E-state index is -0.848. The van der Waals surface area contributed by atoms with Crippen LogP contribution in [0.4, 0.5) is 0 Å². The highest BCUT2D eigenvalue weighted by molar-refractivity contribution is 6.31. The fraction of sp³-hybridized carbons (Fsp3) is 0.321. The molecule has 1 unspecified atom stereocenters. The van der Waals surface area contributed by atoms with Crippen molar-refractivity contribution < 1.29 is 19.0 Å². The van der Waals surface area contributed by atoms with Crippen molar-refractivity contribution >= 4 is 17.6 Å². The maximum absolute atomic E-state index is 11.7. The van der Waals surface area contributed by atoms with Crippen LogP contribution in [0.1, 0.15) is 43.0 Å². The molecule has 0 saturated heterocycles. The lowest BCUT2D eigenvalue weighted by molar-refractivity contribution is -0.145. The summed E-state index contributed by atoms with van der Waals surface area (Å²) in [4.78, 5) is 11.7. The van der Waals surface area contributed by atoms with E-state index < -0.39 is 11.4 Å². The zero-order valence-corrected chi connectivity index (χ0v) is 21.4. The number of rotatable bonds is 7. The monoisotopic (exact) mass is 518 g/mol. The summed E-state index contributed by atoms with van der Waals surface area (Å²) in [7, 11) is 0. The van der Waals surface area contributed by atoms with E-state index in [0.717, 1.165) is 47.2 Å². The summed E-state index contributed by atoms with van der Waals surface area (Å²) in [5.41, 5.74) is 10.0. The third kappa shape index (κ3) is 4.19. The van der Waals surface area contributed by atoms with Crippen LogP contribution >= 0.6 is 11.6 Å². The Kier molecular flexibility index (Phi) is 6.57. The van der Waals surface area contributed by atoms with Gasteiger partial charge in [-0.15, -0.1) is 5.10 Å². The molecule has 5 rings (SSSR count). The summed E-state index contributed by atoms with van der Waals surface area (Å²) in [5, 5.41) is 18.2. The molecule has 1 saturated carbocycles. The number of hydrogen-bond donors (Lipinski definition) is 2. The molecule has 8 nitrogen and oxygen atoms in total. The first-order valence-electron chi connectivity index (χ1n) is 12.2. The molecule has 2 aromatic carbocycles. The zero-order chi connectivity index (χ0) is 26.2. The number of aromatic amines is 1. The average molecular weight is 519 g/mol. The minimum Gasteiger partial charge on any atom is -0.482 e. The highest BCUT2D eigenvalue weighted by Crippen LogP contribution is 2.58. The summed E-state index contributed by atoms with van der Waals surface area (Å²) in [5.74, 6) is 0.674. The minimum absolute atomic E-state index is 0.0595. The van der Waals surface area contributed by atoms with Crippen molar-refractivity contribution in [2.24, 2.45) is 11.7 Å². The van der Waals surface area contributed by atoms with Crippen LogP contribution in [0.25, 0.3) is 11.1 Å². The Labute approximate surface area is 220 Å². The van der Waals surface area contributed by atoms with Gasteiger partial charge in [-0.3, -0.25) is 5.10 Å². The van der Waals surface area contributed by atoms with Gasteiger partial charge in [-0.1, -0.05) is 30.2 Å². The van der Waals surface area contributed by atoms with Crippen LogP contribution in [0.5, 0.6) is 11.6 Å². The molecule has 2 heterocycles. The van der Waals surface area contributed by atoms with Crippen molar-refractivity contribution in [2.75, 3.05) is 13.2 Å². The lowest BCUT2D eigenvalue weighted by Gasteiger charge is -2.47. The van der Waals surface area contributed by atoms with Crippen LogP contribution in [0.15, 0.2) is 53.9 Å². The third-order valence-electron chi connectivity index (χ3n) is 7.17. The van der Waals surface area contributed by atoms with Gasteiger partial charge in [0, 0.05) is 10.7 Å². The van der Waals surface area contributed by atoms with E-state index in [9.17, 15) is 10.1 Å². The number of aryl methyl sites for hydroxylation is 1. The first-order valence-corrected chi connectivity index (χ1v) is 12.6. The summed E-state index contributed by atoms with van der Waals surface area (Å²) in [6.07, 6.45) is 2.93. The number of ether oxygens (including phenoxy) is 3. The highest BCUT2D eigenvalue weighted by atomic mass is 35.5. The Balaban J connectivity index is 1.64. The van der Waals surface area contributed by atoms with E-state index in [1.165, 1.54) is 0 Å². The summed E-state index contributed by atoms with van der Waals surface area (Å²) in [6, 6.07) is 15.6. The molecule has 1 atom stereocenters. The topological polar surface area (TPSA) is 123 Å². The van der Waals surface area contributed by atoms with Crippen LogP contribution in [0, 0.1) is 24.2 Å². The van der Waals surface area contributed by atoms with Gasteiger partial charge in [0.25, 0.3) is 0 Å². The van der Waals surface area contributed by atoms with Gasteiger partial charge in [0.2, 0.25) is 11.8 Å². The van der Waals surface area contributed by atoms with Crippen LogP contribution in [0.2, 0.25) is 5.02 Å². The van der Waals surface area contributed by atoms with Crippen LogP contribution in [-0.2, 0) is 14.9 Å². The van der Waals surface area contributed by atoms with E-state index in [1.54, 1.807) is 13.0 Å². The van der Waals surface area contributed by atoms with E-state index in [4.69, 9.17) is 31.5 Å². The molecule has 1 aromatic heterocycles. The molecule has 0 bridgehead atoms.